The average molecular weight is 418 g/mol. The van der Waals surface area contributed by atoms with Crippen molar-refractivity contribution in [1.82, 2.24) is 15.0 Å². The summed E-state index contributed by atoms with van der Waals surface area (Å²) >= 11 is 0. The number of nitrogens with zero attached hydrogens (tertiary/aromatic N) is 3. The second-order valence-electron chi connectivity index (χ2n) is 7.55. The maximum atomic E-state index is 6.27. The molecule has 31 heavy (non-hydrogen) atoms. The Hall–Kier alpha value is -3.54. The van der Waals surface area contributed by atoms with Crippen LogP contribution >= 0.6 is 0 Å². The van der Waals surface area contributed by atoms with Crippen molar-refractivity contribution in [2.45, 2.75) is 33.2 Å². The molecule has 6 nitrogen and oxygen atoms in total. The highest BCUT2D eigenvalue weighted by atomic mass is 16.5. The van der Waals surface area contributed by atoms with Crippen LogP contribution in [0.2, 0.25) is 0 Å². The Kier molecular flexibility index (Phi) is 6.36. The van der Waals surface area contributed by atoms with E-state index < -0.39 is 0 Å². The standard InChI is InChI=1S/C25H27N3O3/c1-18(2)22-19(3)21-11-16-30-23(21)25(24(22)31-17-14-28-13-12-26-27-28)29-15-7-10-20-8-5-4-6-9-20/h4-6,8-9,11-13,16H,1,7,10,14-15,17H2,2-3H3. The molecule has 2 heterocycles. The Labute approximate surface area is 182 Å². The van der Waals surface area contributed by atoms with Crippen LogP contribution in [0.1, 0.15) is 30.0 Å². The van der Waals surface area contributed by atoms with E-state index in [9.17, 15) is 0 Å². The van der Waals surface area contributed by atoms with Gasteiger partial charge in [0, 0.05) is 17.1 Å². The molecule has 0 spiro atoms. The van der Waals surface area contributed by atoms with Crippen LogP contribution in [0.4, 0.5) is 0 Å². The smallest absolute Gasteiger partial charge is 0.205 e. The zero-order valence-electron chi connectivity index (χ0n) is 18.0. The van der Waals surface area contributed by atoms with Crippen molar-refractivity contribution in [2.24, 2.45) is 0 Å². The fourth-order valence-electron chi connectivity index (χ4n) is 3.77. The van der Waals surface area contributed by atoms with E-state index in [2.05, 4.69) is 48.1 Å². The summed E-state index contributed by atoms with van der Waals surface area (Å²) < 4.78 is 20.1. The fourth-order valence-corrected chi connectivity index (χ4v) is 3.77. The van der Waals surface area contributed by atoms with Crippen LogP contribution in [-0.4, -0.2) is 28.2 Å². The maximum absolute atomic E-state index is 6.27. The molecule has 0 atom stereocenters. The van der Waals surface area contributed by atoms with Gasteiger partial charge in [-0.2, -0.15) is 0 Å². The summed E-state index contributed by atoms with van der Waals surface area (Å²) in [6.07, 6.45) is 6.99. The number of hydrogen-bond donors (Lipinski definition) is 0. The quantitative estimate of drug-likeness (QED) is 0.321. The van der Waals surface area contributed by atoms with Gasteiger partial charge in [0.15, 0.2) is 11.3 Å². The summed E-state index contributed by atoms with van der Waals surface area (Å²) in [5, 5.41) is 8.85. The molecule has 2 aromatic heterocycles. The van der Waals surface area contributed by atoms with Crippen molar-refractivity contribution in [3.63, 3.8) is 0 Å². The first-order chi connectivity index (χ1) is 15.1. The Bertz CT molecular complexity index is 1150. The predicted octanol–water partition coefficient (Wildman–Crippen LogP) is 5.46. The minimum Gasteiger partial charge on any atom is -0.487 e. The molecule has 0 saturated heterocycles. The van der Waals surface area contributed by atoms with Gasteiger partial charge in [-0.1, -0.05) is 42.1 Å². The third-order valence-corrected chi connectivity index (χ3v) is 5.25. The molecule has 0 amide bonds. The lowest BCUT2D eigenvalue weighted by atomic mass is 9.97. The molecule has 2 aromatic carbocycles. The molecule has 0 saturated carbocycles. The van der Waals surface area contributed by atoms with Crippen LogP contribution in [0.3, 0.4) is 0 Å². The summed E-state index contributed by atoms with van der Waals surface area (Å²) in [4.78, 5) is 0. The number of furan rings is 1. The van der Waals surface area contributed by atoms with Gasteiger partial charge in [-0.25, -0.2) is 4.68 Å². The Morgan fingerprint density at radius 2 is 1.90 bits per heavy atom. The lowest BCUT2D eigenvalue weighted by Gasteiger charge is -2.19. The lowest BCUT2D eigenvalue weighted by molar-refractivity contribution is 0.253. The molecular weight excluding hydrogens is 390 g/mol. The van der Waals surface area contributed by atoms with Crippen molar-refractivity contribution in [1.29, 1.82) is 0 Å². The summed E-state index contributed by atoms with van der Waals surface area (Å²) in [6.45, 7) is 9.79. The van der Waals surface area contributed by atoms with Gasteiger partial charge >= 0.3 is 0 Å². The molecule has 0 bridgehead atoms. The zero-order valence-corrected chi connectivity index (χ0v) is 18.0. The Morgan fingerprint density at radius 3 is 2.65 bits per heavy atom. The van der Waals surface area contributed by atoms with Crippen molar-refractivity contribution < 1.29 is 13.9 Å². The number of fused-ring (bicyclic) bond motifs is 1. The van der Waals surface area contributed by atoms with E-state index in [4.69, 9.17) is 13.9 Å². The van der Waals surface area contributed by atoms with Crippen LogP contribution < -0.4 is 9.47 Å². The first-order valence-corrected chi connectivity index (χ1v) is 10.5. The molecule has 0 fully saturated rings. The molecule has 4 aromatic rings. The topological polar surface area (TPSA) is 62.3 Å². The molecule has 0 aliphatic rings. The average Bonchev–Trinajstić information content (AvgIpc) is 3.46. The van der Waals surface area contributed by atoms with E-state index in [1.165, 1.54) is 5.56 Å². The van der Waals surface area contributed by atoms with Gasteiger partial charge in [-0.15, -0.1) is 5.10 Å². The second-order valence-corrected chi connectivity index (χ2v) is 7.55. The molecular formula is C25H27N3O3. The van der Waals surface area contributed by atoms with Crippen molar-refractivity contribution in [2.75, 3.05) is 13.2 Å². The highest BCUT2D eigenvalue weighted by Crippen LogP contribution is 2.45. The molecule has 4 rings (SSSR count). The van der Waals surface area contributed by atoms with Crippen LogP contribution in [0.5, 0.6) is 11.5 Å². The van der Waals surface area contributed by atoms with Crippen LogP contribution in [0.15, 0.2) is 66.1 Å². The maximum Gasteiger partial charge on any atom is 0.205 e. The zero-order chi connectivity index (χ0) is 21.6. The third-order valence-electron chi connectivity index (χ3n) is 5.25. The number of ether oxygens (including phenoxy) is 2. The number of aryl methyl sites for hydroxylation is 2. The Morgan fingerprint density at radius 1 is 1.10 bits per heavy atom. The molecule has 0 aliphatic heterocycles. The number of hydrogen-bond acceptors (Lipinski definition) is 5. The second kappa shape index (κ2) is 9.51. The summed E-state index contributed by atoms with van der Waals surface area (Å²) in [7, 11) is 0. The van der Waals surface area contributed by atoms with Crippen LogP contribution in [0.25, 0.3) is 16.5 Å². The first kappa shape index (κ1) is 20.7. The first-order valence-electron chi connectivity index (χ1n) is 10.5. The number of aromatic nitrogens is 3. The summed E-state index contributed by atoms with van der Waals surface area (Å²) in [5.41, 5.74) is 4.96. The van der Waals surface area contributed by atoms with Gasteiger partial charge < -0.3 is 13.9 Å². The summed E-state index contributed by atoms with van der Waals surface area (Å²) in [5.74, 6) is 1.31. The van der Waals surface area contributed by atoms with E-state index in [-0.39, 0.29) is 0 Å². The molecule has 0 aliphatic carbocycles. The van der Waals surface area contributed by atoms with Crippen LogP contribution in [-0.2, 0) is 13.0 Å². The Balaban J connectivity index is 1.58. The molecule has 160 valence electrons. The van der Waals surface area contributed by atoms with E-state index in [0.717, 1.165) is 34.9 Å². The van der Waals surface area contributed by atoms with Crippen molar-refractivity contribution in [3.8, 4) is 11.5 Å². The highest BCUT2D eigenvalue weighted by molar-refractivity contribution is 5.94. The third kappa shape index (κ3) is 4.63. The molecule has 0 unspecified atom stereocenters. The highest BCUT2D eigenvalue weighted by Gasteiger charge is 2.23. The van der Waals surface area contributed by atoms with E-state index in [1.807, 2.05) is 25.3 Å². The molecule has 0 radical (unpaired) electrons. The summed E-state index contributed by atoms with van der Waals surface area (Å²) in [6, 6.07) is 12.4. The molecule has 6 heteroatoms. The molecule has 0 N–H and O–H groups in total. The van der Waals surface area contributed by atoms with E-state index in [1.54, 1.807) is 17.1 Å². The fraction of sp³-hybridized carbons (Fsp3) is 0.280. The van der Waals surface area contributed by atoms with Crippen molar-refractivity contribution in [3.05, 3.63) is 78.3 Å². The SMILES string of the molecule is C=C(C)c1c(OCCn2ccnn2)c(OCCCc2ccccc2)c2occc2c1C. The van der Waals surface area contributed by atoms with Gasteiger partial charge in [0.05, 0.1) is 25.6 Å². The van der Waals surface area contributed by atoms with E-state index in [0.29, 0.717) is 36.8 Å². The number of allylic oxidation sites excluding steroid dienone is 1. The minimum atomic E-state index is 0.426. The van der Waals surface area contributed by atoms with E-state index >= 15 is 0 Å². The normalized spacial score (nSPS) is 11.0. The lowest BCUT2D eigenvalue weighted by Crippen LogP contribution is -2.11. The largest absolute Gasteiger partial charge is 0.487 e. The van der Waals surface area contributed by atoms with Crippen molar-refractivity contribution >= 4 is 16.5 Å². The number of rotatable bonds is 10. The van der Waals surface area contributed by atoms with Gasteiger partial charge in [0.1, 0.15) is 6.61 Å². The number of benzene rings is 2. The monoisotopic (exact) mass is 417 g/mol. The predicted molar refractivity (Wildman–Crippen MR) is 121 cm³/mol. The van der Waals surface area contributed by atoms with Gasteiger partial charge in [0.25, 0.3) is 0 Å². The van der Waals surface area contributed by atoms with Gasteiger partial charge in [-0.3, -0.25) is 0 Å². The van der Waals surface area contributed by atoms with Gasteiger partial charge in [-0.05, 0) is 49.5 Å². The van der Waals surface area contributed by atoms with Crippen LogP contribution in [0, 0.1) is 6.92 Å². The minimum absolute atomic E-state index is 0.426. The van der Waals surface area contributed by atoms with Gasteiger partial charge in [0.2, 0.25) is 5.75 Å².